The number of hydrogen-bond donors (Lipinski definition) is 0. The summed E-state index contributed by atoms with van der Waals surface area (Å²) in [5.41, 5.74) is 1.03. The minimum atomic E-state index is -0.498. The Morgan fingerprint density at radius 2 is 2.05 bits per heavy atom. The third-order valence-corrected chi connectivity index (χ3v) is 3.59. The minimum absolute atomic E-state index is 0.290. The van der Waals surface area contributed by atoms with Gasteiger partial charge in [0.05, 0.1) is 29.6 Å². The molecule has 1 aromatic carbocycles. The molecule has 0 saturated carbocycles. The third-order valence-electron chi connectivity index (χ3n) is 3.29. The minimum Gasteiger partial charge on any atom is -0.465 e. The first-order valence-electron chi connectivity index (χ1n) is 6.38. The van der Waals surface area contributed by atoms with Crippen molar-refractivity contribution in [2.24, 2.45) is 0 Å². The molecule has 22 heavy (non-hydrogen) atoms. The van der Waals surface area contributed by atoms with Crippen LogP contribution in [0.15, 0.2) is 42.9 Å². The van der Waals surface area contributed by atoms with Crippen LogP contribution < -0.4 is 0 Å². The van der Waals surface area contributed by atoms with Gasteiger partial charge in [0.25, 0.3) is 0 Å². The van der Waals surface area contributed by atoms with Gasteiger partial charge in [0.15, 0.2) is 5.82 Å². The van der Waals surface area contributed by atoms with Crippen molar-refractivity contribution in [3.8, 4) is 11.3 Å². The second-order valence-electron chi connectivity index (χ2n) is 4.56. The highest BCUT2D eigenvalue weighted by Gasteiger charge is 2.15. The van der Waals surface area contributed by atoms with Crippen LogP contribution in [0.5, 0.6) is 0 Å². The van der Waals surface area contributed by atoms with Crippen molar-refractivity contribution in [3.63, 3.8) is 0 Å². The van der Waals surface area contributed by atoms with Crippen LogP contribution in [0.1, 0.15) is 10.4 Å². The van der Waals surface area contributed by atoms with Crippen molar-refractivity contribution in [2.75, 3.05) is 7.11 Å². The predicted molar refractivity (Wildman–Crippen MR) is 81.3 cm³/mol. The van der Waals surface area contributed by atoms with Gasteiger partial charge < -0.3 is 4.74 Å². The Kier molecular flexibility index (Phi) is 3.73. The van der Waals surface area contributed by atoms with Crippen molar-refractivity contribution in [2.45, 2.75) is 0 Å². The van der Waals surface area contributed by atoms with Crippen LogP contribution in [0.25, 0.3) is 22.0 Å². The van der Waals surface area contributed by atoms with Gasteiger partial charge in [-0.15, -0.1) is 0 Å². The molecular weight excluding hydrogens is 307 g/mol. The molecule has 0 aliphatic rings. The third kappa shape index (κ3) is 2.40. The highest BCUT2D eigenvalue weighted by atomic mass is 35.5. The first-order chi connectivity index (χ1) is 10.6. The Morgan fingerprint density at radius 1 is 1.23 bits per heavy atom. The van der Waals surface area contributed by atoms with Gasteiger partial charge >= 0.3 is 5.97 Å². The van der Waals surface area contributed by atoms with Crippen LogP contribution in [0, 0.1) is 5.82 Å². The summed E-state index contributed by atoms with van der Waals surface area (Å²) in [4.78, 5) is 19.6. The fourth-order valence-electron chi connectivity index (χ4n) is 2.24. The number of pyridine rings is 2. The number of methoxy groups -OCH3 is 1. The molecule has 0 fully saturated rings. The van der Waals surface area contributed by atoms with Gasteiger partial charge in [0.1, 0.15) is 0 Å². The second-order valence-corrected chi connectivity index (χ2v) is 4.97. The van der Waals surface area contributed by atoms with E-state index in [4.69, 9.17) is 16.3 Å². The fraction of sp³-hybridized carbons (Fsp3) is 0.0625. The summed E-state index contributed by atoms with van der Waals surface area (Å²) in [5.74, 6) is -0.981. The van der Waals surface area contributed by atoms with Crippen molar-refractivity contribution in [1.82, 2.24) is 9.97 Å². The van der Waals surface area contributed by atoms with Gasteiger partial charge in [-0.1, -0.05) is 17.7 Å². The number of hydrogen-bond acceptors (Lipinski definition) is 4. The standard InChI is InChI=1S/C16H10ClFN2O2/c1-22-16(21)9-2-3-10-12(6-9)15(20-7-13(10)17)11-4-5-19-8-14(11)18/h2-8H,1H3. The van der Waals surface area contributed by atoms with E-state index in [0.717, 1.165) is 6.20 Å². The maximum Gasteiger partial charge on any atom is 0.337 e. The van der Waals surface area contributed by atoms with Crippen LogP contribution in [-0.4, -0.2) is 23.0 Å². The molecule has 3 rings (SSSR count). The van der Waals surface area contributed by atoms with Crippen LogP contribution in [-0.2, 0) is 4.74 Å². The molecule has 0 unspecified atom stereocenters. The molecule has 0 aliphatic carbocycles. The second kappa shape index (κ2) is 5.69. The van der Waals surface area contributed by atoms with E-state index in [1.54, 1.807) is 18.2 Å². The molecule has 6 heteroatoms. The molecule has 0 aliphatic heterocycles. The van der Waals surface area contributed by atoms with E-state index in [1.807, 2.05) is 0 Å². The highest BCUT2D eigenvalue weighted by molar-refractivity contribution is 6.35. The summed E-state index contributed by atoms with van der Waals surface area (Å²) >= 11 is 6.14. The fourth-order valence-corrected chi connectivity index (χ4v) is 2.45. The first-order valence-corrected chi connectivity index (χ1v) is 6.76. The molecule has 110 valence electrons. The molecule has 2 aromatic heterocycles. The Labute approximate surface area is 130 Å². The smallest absolute Gasteiger partial charge is 0.337 e. The summed E-state index contributed by atoms with van der Waals surface area (Å²) in [6, 6.07) is 6.41. The summed E-state index contributed by atoms with van der Waals surface area (Å²) in [6.07, 6.45) is 4.04. The predicted octanol–water partition coefficient (Wildman–Crippen LogP) is 3.88. The molecule has 3 aromatic rings. The van der Waals surface area contributed by atoms with Gasteiger partial charge in [0.2, 0.25) is 0 Å². The van der Waals surface area contributed by atoms with E-state index in [2.05, 4.69) is 9.97 Å². The number of carbonyl (C=O) groups excluding carboxylic acids is 1. The number of aromatic nitrogens is 2. The zero-order valence-electron chi connectivity index (χ0n) is 11.5. The van der Waals surface area contributed by atoms with Gasteiger partial charge in [-0.2, -0.15) is 0 Å². The number of esters is 1. The molecule has 0 bridgehead atoms. The molecular formula is C16H10ClFN2O2. The zero-order chi connectivity index (χ0) is 15.7. The lowest BCUT2D eigenvalue weighted by molar-refractivity contribution is 0.0601. The van der Waals surface area contributed by atoms with E-state index in [9.17, 15) is 9.18 Å². The van der Waals surface area contributed by atoms with E-state index in [0.29, 0.717) is 32.6 Å². The van der Waals surface area contributed by atoms with Crippen molar-refractivity contribution in [3.05, 3.63) is 59.3 Å². The molecule has 0 amide bonds. The molecule has 2 heterocycles. The number of fused-ring (bicyclic) bond motifs is 1. The van der Waals surface area contributed by atoms with E-state index in [-0.39, 0.29) is 0 Å². The van der Waals surface area contributed by atoms with E-state index < -0.39 is 11.8 Å². The van der Waals surface area contributed by atoms with Gasteiger partial charge in [-0.05, 0) is 18.2 Å². The number of ether oxygens (including phenoxy) is 1. The normalized spacial score (nSPS) is 10.7. The zero-order valence-corrected chi connectivity index (χ0v) is 12.3. The SMILES string of the molecule is COC(=O)c1ccc2c(Cl)cnc(-c3ccncc3F)c2c1. The molecule has 0 atom stereocenters. The van der Waals surface area contributed by atoms with Gasteiger partial charge in [-0.3, -0.25) is 9.97 Å². The monoisotopic (exact) mass is 316 g/mol. The van der Waals surface area contributed by atoms with Crippen LogP contribution in [0.3, 0.4) is 0 Å². The molecule has 0 N–H and O–H groups in total. The number of halogens is 2. The number of rotatable bonds is 2. The van der Waals surface area contributed by atoms with E-state index in [1.165, 1.54) is 25.6 Å². The molecule has 0 radical (unpaired) electrons. The largest absolute Gasteiger partial charge is 0.465 e. The van der Waals surface area contributed by atoms with Gasteiger partial charge in [-0.25, -0.2) is 9.18 Å². The lowest BCUT2D eigenvalue weighted by Gasteiger charge is -2.09. The maximum absolute atomic E-state index is 14.0. The van der Waals surface area contributed by atoms with Crippen LogP contribution >= 0.6 is 11.6 Å². The number of nitrogens with zero attached hydrogens (tertiary/aromatic N) is 2. The Bertz CT molecular complexity index is 883. The quantitative estimate of drug-likeness (QED) is 0.673. The van der Waals surface area contributed by atoms with Crippen LogP contribution in [0.4, 0.5) is 4.39 Å². The lowest BCUT2D eigenvalue weighted by Crippen LogP contribution is -2.01. The molecule has 4 nitrogen and oxygen atoms in total. The maximum atomic E-state index is 14.0. The lowest BCUT2D eigenvalue weighted by atomic mass is 10.0. The summed E-state index contributed by atoms with van der Waals surface area (Å²) < 4.78 is 18.7. The van der Waals surface area contributed by atoms with Crippen molar-refractivity contribution < 1.29 is 13.9 Å². The van der Waals surface area contributed by atoms with Crippen molar-refractivity contribution >= 4 is 28.3 Å². The molecule has 0 saturated heterocycles. The highest BCUT2D eigenvalue weighted by Crippen LogP contribution is 2.32. The summed E-state index contributed by atoms with van der Waals surface area (Å²) in [6.45, 7) is 0. The number of carbonyl (C=O) groups is 1. The Balaban J connectivity index is 2.33. The summed E-state index contributed by atoms with van der Waals surface area (Å²) in [7, 11) is 1.30. The molecule has 0 spiro atoms. The summed E-state index contributed by atoms with van der Waals surface area (Å²) in [5, 5.41) is 1.67. The topological polar surface area (TPSA) is 52.1 Å². The average Bonchev–Trinajstić information content (AvgIpc) is 2.55. The van der Waals surface area contributed by atoms with Gasteiger partial charge in [0, 0.05) is 28.7 Å². The number of benzene rings is 1. The Morgan fingerprint density at radius 3 is 2.77 bits per heavy atom. The van der Waals surface area contributed by atoms with E-state index >= 15 is 0 Å². The van der Waals surface area contributed by atoms with Crippen LogP contribution in [0.2, 0.25) is 5.02 Å². The first kappa shape index (κ1) is 14.4. The average molecular weight is 317 g/mol. The van der Waals surface area contributed by atoms with Crippen molar-refractivity contribution in [1.29, 1.82) is 0 Å². The Hall–Kier alpha value is -2.53.